The molecule has 0 radical (unpaired) electrons. The van der Waals surface area contributed by atoms with E-state index < -0.39 is 18.4 Å². The lowest BCUT2D eigenvalue weighted by Crippen LogP contribution is -2.43. The van der Waals surface area contributed by atoms with Gasteiger partial charge in [-0.15, -0.1) is 0 Å². The summed E-state index contributed by atoms with van der Waals surface area (Å²) in [5.41, 5.74) is 0.795. The highest BCUT2D eigenvalue weighted by molar-refractivity contribution is 5.99. The SMILES string of the molecule is O=C(O)CNC(=O)COc1ccc(N2CCC2=O)cc1. The molecular formula is C13H14N2O5. The Hall–Kier alpha value is -2.57. The second kappa shape index (κ2) is 6.05. The summed E-state index contributed by atoms with van der Waals surface area (Å²) in [5, 5.41) is 10.6. The van der Waals surface area contributed by atoms with Crippen molar-refractivity contribution in [2.24, 2.45) is 0 Å². The van der Waals surface area contributed by atoms with Gasteiger partial charge >= 0.3 is 5.97 Å². The molecule has 0 bridgehead atoms. The van der Waals surface area contributed by atoms with Gasteiger partial charge in [-0.25, -0.2) is 0 Å². The third-order valence-corrected chi connectivity index (χ3v) is 2.81. The van der Waals surface area contributed by atoms with E-state index in [1.54, 1.807) is 29.2 Å². The van der Waals surface area contributed by atoms with Gasteiger partial charge in [0.05, 0.1) is 0 Å². The number of carboxylic acids is 1. The van der Waals surface area contributed by atoms with Gasteiger partial charge in [0.2, 0.25) is 5.91 Å². The summed E-state index contributed by atoms with van der Waals surface area (Å²) in [5.74, 6) is -1.05. The minimum absolute atomic E-state index is 0.0896. The molecule has 7 heteroatoms. The number of nitrogens with one attached hydrogen (secondary N) is 1. The van der Waals surface area contributed by atoms with Crippen LogP contribution in [0.4, 0.5) is 5.69 Å². The van der Waals surface area contributed by atoms with Crippen LogP contribution in [0.2, 0.25) is 0 Å². The molecule has 0 saturated carbocycles. The van der Waals surface area contributed by atoms with Crippen molar-refractivity contribution in [1.29, 1.82) is 0 Å². The largest absolute Gasteiger partial charge is 0.484 e. The number of hydrogen-bond acceptors (Lipinski definition) is 4. The zero-order chi connectivity index (χ0) is 14.5. The Morgan fingerprint density at radius 1 is 1.30 bits per heavy atom. The number of aliphatic carboxylic acids is 1. The lowest BCUT2D eigenvalue weighted by molar-refractivity contribution is -0.138. The van der Waals surface area contributed by atoms with E-state index in [9.17, 15) is 14.4 Å². The fraction of sp³-hybridized carbons (Fsp3) is 0.308. The molecule has 2 amide bonds. The molecule has 1 aliphatic rings. The second-order valence-corrected chi connectivity index (χ2v) is 4.25. The molecule has 1 aliphatic heterocycles. The number of rotatable bonds is 6. The topological polar surface area (TPSA) is 95.9 Å². The van der Waals surface area contributed by atoms with Gasteiger partial charge in [0.25, 0.3) is 5.91 Å². The van der Waals surface area contributed by atoms with Crippen LogP contribution in [0.25, 0.3) is 0 Å². The van der Waals surface area contributed by atoms with Crippen LogP contribution in [0, 0.1) is 0 Å². The summed E-state index contributed by atoms with van der Waals surface area (Å²) in [6.45, 7) is 0.0319. The number of carbonyl (C=O) groups is 3. The first kappa shape index (κ1) is 13.9. The molecule has 106 valence electrons. The quantitative estimate of drug-likeness (QED) is 0.714. The predicted octanol–water partition coefficient (Wildman–Crippen LogP) is 0.00290. The molecule has 0 unspecified atom stereocenters. The third kappa shape index (κ3) is 3.47. The van der Waals surface area contributed by atoms with E-state index in [1.807, 2.05) is 0 Å². The predicted molar refractivity (Wildman–Crippen MR) is 69.6 cm³/mol. The van der Waals surface area contributed by atoms with Crippen molar-refractivity contribution in [3.05, 3.63) is 24.3 Å². The Kier molecular flexibility index (Phi) is 4.19. The fourth-order valence-electron chi connectivity index (χ4n) is 1.68. The minimum atomic E-state index is -1.11. The highest BCUT2D eigenvalue weighted by Crippen LogP contribution is 2.24. The normalized spacial score (nSPS) is 13.6. The van der Waals surface area contributed by atoms with Crippen LogP contribution >= 0.6 is 0 Å². The van der Waals surface area contributed by atoms with Gasteiger partial charge in [-0.05, 0) is 24.3 Å². The third-order valence-electron chi connectivity index (χ3n) is 2.81. The second-order valence-electron chi connectivity index (χ2n) is 4.25. The highest BCUT2D eigenvalue weighted by atomic mass is 16.5. The van der Waals surface area contributed by atoms with Gasteiger partial charge in [0.1, 0.15) is 12.3 Å². The Bertz CT molecular complexity index is 526. The summed E-state index contributed by atoms with van der Waals surface area (Å²) in [7, 11) is 0. The lowest BCUT2D eigenvalue weighted by atomic mass is 10.1. The molecule has 2 N–H and O–H groups in total. The van der Waals surface area contributed by atoms with E-state index in [1.165, 1.54) is 0 Å². The molecule has 0 spiro atoms. The van der Waals surface area contributed by atoms with Crippen molar-refractivity contribution in [3.8, 4) is 5.75 Å². The number of β-lactam (4-membered cyclic amide) rings is 1. The van der Waals surface area contributed by atoms with Gasteiger partial charge in [0, 0.05) is 18.7 Å². The number of carbonyl (C=O) groups excluding carboxylic acids is 2. The van der Waals surface area contributed by atoms with Gasteiger partial charge in [-0.1, -0.05) is 0 Å². The summed E-state index contributed by atoms with van der Waals surface area (Å²) >= 11 is 0. The minimum Gasteiger partial charge on any atom is -0.484 e. The molecule has 0 aromatic heterocycles. The van der Waals surface area contributed by atoms with Crippen LogP contribution in [0.5, 0.6) is 5.75 Å². The van der Waals surface area contributed by atoms with E-state index in [0.717, 1.165) is 12.2 Å². The van der Waals surface area contributed by atoms with E-state index in [2.05, 4.69) is 5.32 Å². The van der Waals surface area contributed by atoms with Crippen molar-refractivity contribution < 1.29 is 24.2 Å². The smallest absolute Gasteiger partial charge is 0.322 e. The van der Waals surface area contributed by atoms with Gasteiger partial charge in [-0.3, -0.25) is 14.4 Å². The first-order valence-corrected chi connectivity index (χ1v) is 6.08. The standard InChI is InChI=1S/C13H14N2O5/c16-11(14-7-13(18)19)8-20-10-3-1-9(2-4-10)15-6-5-12(15)17/h1-4H,5-8H2,(H,14,16)(H,18,19). The molecule has 1 saturated heterocycles. The van der Waals surface area contributed by atoms with Crippen LogP contribution in [-0.4, -0.2) is 42.6 Å². The monoisotopic (exact) mass is 278 g/mol. The van der Waals surface area contributed by atoms with Crippen molar-refractivity contribution >= 4 is 23.5 Å². The molecule has 0 atom stereocenters. The maximum Gasteiger partial charge on any atom is 0.322 e. The van der Waals surface area contributed by atoms with E-state index in [4.69, 9.17) is 9.84 Å². The Morgan fingerprint density at radius 2 is 2.00 bits per heavy atom. The fourth-order valence-corrected chi connectivity index (χ4v) is 1.68. The highest BCUT2D eigenvalue weighted by Gasteiger charge is 2.24. The van der Waals surface area contributed by atoms with Crippen molar-refractivity contribution in [3.63, 3.8) is 0 Å². The maximum atomic E-state index is 11.3. The average molecular weight is 278 g/mol. The number of hydrogen-bond donors (Lipinski definition) is 2. The van der Waals surface area contributed by atoms with Gasteiger partial charge in [-0.2, -0.15) is 0 Å². The molecule has 1 heterocycles. The Morgan fingerprint density at radius 3 is 2.50 bits per heavy atom. The van der Waals surface area contributed by atoms with Crippen LogP contribution in [0.1, 0.15) is 6.42 Å². The number of carboxylic acid groups (broad SMARTS) is 1. The lowest BCUT2D eigenvalue weighted by Gasteiger charge is -2.30. The maximum absolute atomic E-state index is 11.3. The number of amides is 2. The van der Waals surface area contributed by atoms with Gasteiger partial charge < -0.3 is 20.1 Å². The van der Waals surface area contributed by atoms with Crippen molar-refractivity contribution in [2.45, 2.75) is 6.42 Å². The molecule has 1 fully saturated rings. The van der Waals surface area contributed by atoms with Crippen molar-refractivity contribution in [1.82, 2.24) is 5.32 Å². The van der Waals surface area contributed by atoms with Crippen LogP contribution < -0.4 is 15.0 Å². The first-order chi connectivity index (χ1) is 9.56. The zero-order valence-electron chi connectivity index (χ0n) is 10.7. The molecule has 7 nitrogen and oxygen atoms in total. The Balaban J connectivity index is 1.80. The molecule has 1 aromatic carbocycles. The van der Waals surface area contributed by atoms with Crippen LogP contribution in [-0.2, 0) is 14.4 Å². The molecule has 20 heavy (non-hydrogen) atoms. The zero-order valence-corrected chi connectivity index (χ0v) is 10.7. The first-order valence-electron chi connectivity index (χ1n) is 6.08. The van der Waals surface area contributed by atoms with Crippen LogP contribution in [0.15, 0.2) is 24.3 Å². The average Bonchev–Trinajstić information content (AvgIpc) is 2.42. The summed E-state index contributed by atoms with van der Waals surface area (Å²) in [6, 6.07) is 6.79. The summed E-state index contributed by atoms with van der Waals surface area (Å²) < 4.78 is 5.20. The van der Waals surface area contributed by atoms with E-state index >= 15 is 0 Å². The van der Waals surface area contributed by atoms with E-state index in [0.29, 0.717) is 12.2 Å². The Labute approximate surface area is 115 Å². The molecular weight excluding hydrogens is 264 g/mol. The number of nitrogens with zero attached hydrogens (tertiary/aromatic N) is 1. The summed E-state index contributed by atoms with van der Waals surface area (Å²) in [4.78, 5) is 34.4. The molecule has 0 aliphatic carbocycles. The molecule has 1 aromatic rings. The van der Waals surface area contributed by atoms with E-state index in [-0.39, 0.29) is 12.5 Å². The number of anilines is 1. The van der Waals surface area contributed by atoms with Crippen molar-refractivity contribution in [2.75, 3.05) is 24.6 Å². The van der Waals surface area contributed by atoms with Crippen LogP contribution in [0.3, 0.4) is 0 Å². The number of benzene rings is 1. The molecule has 2 rings (SSSR count). The summed E-state index contributed by atoms with van der Waals surface area (Å²) in [6.07, 6.45) is 0.571. The number of ether oxygens (including phenoxy) is 1. The van der Waals surface area contributed by atoms with Gasteiger partial charge in [0.15, 0.2) is 6.61 Å².